The molecular weight excluding hydrogens is 280 g/mol. The molecule has 6 nitrogen and oxygen atoms in total. The van der Waals surface area contributed by atoms with Crippen LogP contribution >= 0.6 is 0 Å². The van der Waals surface area contributed by atoms with Crippen LogP contribution in [0, 0.1) is 27.7 Å². The Kier molecular flexibility index (Phi) is 3.76. The van der Waals surface area contributed by atoms with Crippen molar-refractivity contribution in [2.45, 2.75) is 46.6 Å². The topological polar surface area (TPSA) is 64.2 Å². The zero-order chi connectivity index (χ0) is 15.9. The number of aromatic nitrogens is 3. The van der Waals surface area contributed by atoms with E-state index in [0.29, 0.717) is 17.9 Å². The third-order valence-electron chi connectivity index (χ3n) is 4.21. The highest BCUT2D eigenvalue weighted by molar-refractivity contribution is 5.95. The zero-order valence-electron chi connectivity index (χ0n) is 13.6. The van der Waals surface area contributed by atoms with Gasteiger partial charge >= 0.3 is 0 Å². The van der Waals surface area contributed by atoms with Gasteiger partial charge in [0.15, 0.2) is 0 Å². The van der Waals surface area contributed by atoms with Crippen molar-refractivity contribution in [2.24, 2.45) is 0 Å². The van der Waals surface area contributed by atoms with E-state index in [-0.39, 0.29) is 11.9 Å². The summed E-state index contributed by atoms with van der Waals surface area (Å²) in [7, 11) is 0. The van der Waals surface area contributed by atoms with Gasteiger partial charge < -0.3 is 9.32 Å². The summed E-state index contributed by atoms with van der Waals surface area (Å²) < 4.78 is 7.45. The molecule has 1 amide bonds. The maximum absolute atomic E-state index is 12.7. The molecule has 2 aromatic heterocycles. The van der Waals surface area contributed by atoms with E-state index >= 15 is 0 Å². The first-order valence-electron chi connectivity index (χ1n) is 7.71. The van der Waals surface area contributed by atoms with E-state index in [0.717, 1.165) is 36.8 Å². The number of furan rings is 1. The van der Waals surface area contributed by atoms with Crippen molar-refractivity contribution in [3.05, 3.63) is 34.8 Å². The molecule has 0 unspecified atom stereocenters. The van der Waals surface area contributed by atoms with Crippen LogP contribution in [0.5, 0.6) is 0 Å². The number of carbonyl (C=O) groups is 1. The fourth-order valence-corrected chi connectivity index (χ4v) is 3.23. The Morgan fingerprint density at radius 1 is 1.32 bits per heavy atom. The van der Waals surface area contributed by atoms with Gasteiger partial charge in [0.05, 0.1) is 11.6 Å². The largest absolute Gasteiger partial charge is 0.466 e. The first kappa shape index (κ1) is 14.8. The maximum atomic E-state index is 12.7. The van der Waals surface area contributed by atoms with Gasteiger partial charge in [-0.3, -0.25) is 4.79 Å². The third-order valence-corrected chi connectivity index (χ3v) is 4.21. The second-order valence-electron chi connectivity index (χ2n) is 6.02. The van der Waals surface area contributed by atoms with Crippen LogP contribution in [-0.4, -0.2) is 38.7 Å². The molecule has 6 heteroatoms. The molecular formula is C16H22N4O2. The molecule has 2 aromatic rings. The van der Waals surface area contributed by atoms with Gasteiger partial charge in [0.2, 0.25) is 0 Å². The molecule has 0 radical (unpaired) electrons. The number of amides is 1. The minimum atomic E-state index is 0.0496. The summed E-state index contributed by atoms with van der Waals surface area (Å²) in [6, 6.07) is 2.03. The summed E-state index contributed by atoms with van der Waals surface area (Å²) in [4.78, 5) is 19.0. The highest BCUT2D eigenvalue weighted by Crippen LogP contribution is 2.25. The molecule has 1 atom stereocenters. The average Bonchev–Trinajstić information content (AvgIpc) is 2.99. The van der Waals surface area contributed by atoms with Gasteiger partial charge in [-0.05, 0) is 46.6 Å². The highest BCUT2D eigenvalue weighted by Gasteiger charge is 2.28. The lowest BCUT2D eigenvalue weighted by Gasteiger charge is -2.33. The Hall–Kier alpha value is -2.11. The number of piperidine rings is 1. The molecule has 1 fully saturated rings. The Morgan fingerprint density at radius 2 is 2.09 bits per heavy atom. The molecule has 22 heavy (non-hydrogen) atoms. The number of aryl methyl sites for hydroxylation is 4. The fraction of sp³-hybridized carbons (Fsp3) is 0.562. The van der Waals surface area contributed by atoms with Gasteiger partial charge in [-0.1, -0.05) is 0 Å². The van der Waals surface area contributed by atoms with E-state index in [1.54, 1.807) is 0 Å². The Balaban J connectivity index is 1.80. The number of carbonyl (C=O) groups excluding carboxylic acids is 1. The second kappa shape index (κ2) is 5.59. The minimum absolute atomic E-state index is 0.0496. The van der Waals surface area contributed by atoms with Crippen LogP contribution in [0.2, 0.25) is 0 Å². The Labute approximate surface area is 130 Å². The van der Waals surface area contributed by atoms with Crippen LogP contribution in [0.4, 0.5) is 0 Å². The van der Waals surface area contributed by atoms with Gasteiger partial charge in [-0.25, -0.2) is 9.67 Å². The monoisotopic (exact) mass is 302 g/mol. The molecule has 0 aliphatic carbocycles. The molecule has 3 heterocycles. The van der Waals surface area contributed by atoms with E-state index < -0.39 is 0 Å². The minimum Gasteiger partial charge on any atom is -0.466 e. The molecule has 0 saturated carbocycles. The molecule has 3 rings (SSSR count). The molecule has 1 saturated heterocycles. The van der Waals surface area contributed by atoms with Gasteiger partial charge in [-0.2, -0.15) is 5.10 Å². The fourth-order valence-electron chi connectivity index (χ4n) is 3.23. The summed E-state index contributed by atoms with van der Waals surface area (Å²) in [5.74, 6) is 3.21. The van der Waals surface area contributed by atoms with Crippen molar-refractivity contribution in [1.29, 1.82) is 0 Å². The summed E-state index contributed by atoms with van der Waals surface area (Å²) in [6.07, 6.45) is 2.00. The van der Waals surface area contributed by atoms with E-state index in [9.17, 15) is 4.79 Å². The van der Waals surface area contributed by atoms with Crippen LogP contribution in [0.15, 0.2) is 10.5 Å². The summed E-state index contributed by atoms with van der Waals surface area (Å²) in [6.45, 7) is 9.02. The molecule has 0 N–H and O–H groups in total. The predicted octanol–water partition coefficient (Wildman–Crippen LogP) is 2.58. The molecule has 0 aromatic carbocycles. The second-order valence-corrected chi connectivity index (χ2v) is 6.02. The Morgan fingerprint density at radius 3 is 2.68 bits per heavy atom. The first-order chi connectivity index (χ1) is 10.5. The van der Waals surface area contributed by atoms with E-state index in [2.05, 4.69) is 10.1 Å². The number of nitrogens with zero attached hydrogens (tertiary/aromatic N) is 4. The number of hydrogen-bond donors (Lipinski definition) is 0. The molecule has 0 spiro atoms. The van der Waals surface area contributed by atoms with E-state index in [1.807, 2.05) is 43.3 Å². The van der Waals surface area contributed by atoms with Gasteiger partial charge in [0, 0.05) is 13.1 Å². The number of rotatable bonds is 2. The van der Waals surface area contributed by atoms with Crippen LogP contribution in [-0.2, 0) is 0 Å². The van der Waals surface area contributed by atoms with Gasteiger partial charge in [-0.15, -0.1) is 0 Å². The standard InChI is InChI=1S/C16H22N4O2/c1-10-8-15(11(2)22-10)16(21)19-7-5-6-14(9-19)20-13(4)17-12(3)18-20/h8,14H,5-7,9H2,1-4H3/t14-/m1/s1. The lowest BCUT2D eigenvalue weighted by Crippen LogP contribution is -2.41. The highest BCUT2D eigenvalue weighted by atomic mass is 16.3. The summed E-state index contributed by atoms with van der Waals surface area (Å²) in [5, 5.41) is 4.47. The lowest BCUT2D eigenvalue weighted by molar-refractivity contribution is 0.0669. The summed E-state index contributed by atoms with van der Waals surface area (Å²) in [5.41, 5.74) is 0.671. The van der Waals surface area contributed by atoms with Crippen molar-refractivity contribution < 1.29 is 9.21 Å². The molecule has 118 valence electrons. The predicted molar refractivity (Wildman–Crippen MR) is 81.9 cm³/mol. The van der Waals surface area contributed by atoms with Crippen molar-refractivity contribution in [1.82, 2.24) is 19.7 Å². The van der Waals surface area contributed by atoms with Crippen molar-refractivity contribution in [3.63, 3.8) is 0 Å². The van der Waals surface area contributed by atoms with E-state index in [4.69, 9.17) is 4.42 Å². The Bertz CT molecular complexity index is 701. The van der Waals surface area contributed by atoms with Crippen LogP contribution in [0.1, 0.15) is 52.4 Å². The first-order valence-corrected chi connectivity index (χ1v) is 7.71. The van der Waals surface area contributed by atoms with Crippen molar-refractivity contribution >= 4 is 5.91 Å². The van der Waals surface area contributed by atoms with E-state index in [1.165, 1.54) is 0 Å². The van der Waals surface area contributed by atoms with Crippen molar-refractivity contribution in [3.8, 4) is 0 Å². The van der Waals surface area contributed by atoms with Gasteiger partial charge in [0.25, 0.3) is 5.91 Å². The SMILES string of the molecule is Cc1nc(C)n([C@@H]2CCCN(C(=O)c3cc(C)oc3C)C2)n1. The molecule has 0 bridgehead atoms. The normalized spacial score (nSPS) is 18.7. The number of likely N-dealkylation sites (tertiary alicyclic amines) is 1. The third kappa shape index (κ3) is 2.65. The van der Waals surface area contributed by atoms with Gasteiger partial charge in [0.1, 0.15) is 23.2 Å². The van der Waals surface area contributed by atoms with Crippen LogP contribution in [0.25, 0.3) is 0 Å². The molecule has 1 aliphatic heterocycles. The van der Waals surface area contributed by atoms with Crippen LogP contribution < -0.4 is 0 Å². The summed E-state index contributed by atoms with van der Waals surface area (Å²) >= 11 is 0. The average molecular weight is 302 g/mol. The molecule has 1 aliphatic rings. The quantitative estimate of drug-likeness (QED) is 0.855. The smallest absolute Gasteiger partial charge is 0.257 e. The number of hydrogen-bond acceptors (Lipinski definition) is 4. The zero-order valence-corrected chi connectivity index (χ0v) is 13.6. The maximum Gasteiger partial charge on any atom is 0.257 e. The van der Waals surface area contributed by atoms with Crippen molar-refractivity contribution in [2.75, 3.05) is 13.1 Å². The lowest BCUT2D eigenvalue weighted by atomic mass is 10.0. The van der Waals surface area contributed by atoms with Crippen LogP contribution in [0.3, 0.4) is 0 Å².